The number of hydrogen-bond acceptors (Lipinski definition) is 3. The number of H-pyrrole nitrogens is 1. The highest BCUT2D eigenvalue weighted by Gasteiger charge is 2.08. The van der Waals surface area contributed by atoms with Gasteiger partial charge < -0.3 is 5.73 Å². The summed E-state index contributed by atoms with van der Waals surface area (Å²) in [5.74, 6) is 1.04. The molecule has 2 aromatic rings. The first kappa shape index (κ1) is 14.1. The first-order valence-corrected chi connectivity index (χ1v) is 7.06. The van der Waals surface area contributed by atoms with Gasteiger partial charge >= 0.3 is 0 Å². The maximum atomic E-state index is 13.3. The fraction of sp³-hybridized carbons (Fsp3) is 0.385. The molecule has 102 valence electrons. The summed E-state index contributed by atoms with van der Waals surface area (Å²) < 4.78 is 14.0. The third-order valence-corrected chi connectivity index (χ3v) is 3.23. The van der Waals surface area contributed by atoms with Crippen molar-refractivity contribution in [3.63, 3.8) is 0 Å². The monoisotopic (exact) mass is 326 g/mol. The first-order valence-electron chi connectivity index (χ1n) is 6.27. The van der Waals surface area contributed by atoms with Crippen LogP contribution in [0.15, 0.2) is 22.7 Å². The second kappa shape index (κ2) is 6.77. The van der Waals surface area contributed by atoms with Crippen LogP contribution in [0.4, 0.5) is 4.39 Å². The molecular formula is C13H16BrFN4. The third kappa shape index (κ3) is 4.11. The molecule has 0 amide bonds. The van der Waals surface area contributed by atoms with Crippen LogP contribution in [-0.2, 0) is 6.42 Å². The van der Waals surface area contributed by atoms with E-state index in [2.05, 4.69) is 31.1 Å². The van der Waals surface area contributed by atoms with Crippen LogP contribution < -0.4 is 5.73 Å². The van der Waals surface area contributed by atoms with Gasteiger partial charge in [-0.25, -0.2) is 9.37 Å². The standard InChI is InChI=1S/C13H16BrFN4/c14-10-6-9(7-11(15)8-10)13-17-12(18-19-13)4-2-1-3-5-16/h6-8H,1-5,16H2,(H,17,18,19). The molecule has 0 fully saturated rings. The Balaban J connectivity index is 2.03. The molecule has 19 heavy (non-hydrogen) atoms. The first-order chi connectivity index (χ1) is 9.19. The van der Waals surface area contributed by atoms with Crippen molar-refractivity contribution in [3.8, 4) is 11.4 Å². The number of aromatic nitrogens is 3. The number of aryl methyl sites for hydroxylation is 1. The average Bonchev–Trinajstić information content (AvgIpc) is 2.82. The third-order valence-electron chi connectivity index (χ3n) is 2.77. The summed E-state index contributed by atoms with van der Waals surface area (Å²) in [4.78, 5) is 4.37. The molecule has 2 rings (SSSR count). The largest absolute Gasteiger partial charge is 0.330 e. The maximum Gasteiger partial charge on any atom is 0.181 e. The molecule has 0 saturated carbocycles. The summed E-state index contributed by atoms with van der Waals surface area (Å²) in [5.41, 5.74) is 6.10. The zero-order valence-electron chi connectivity index (χ0n) is 10.5. The normalized spacial score (nSPS) is 10.9. The molecule has 1 aromatic heterocycles. The van der Waals surface area contributed by atoms with Crippen molar-refractivity contribution in [2.24, 2.45) is 5.73 Å². The van der Waals surface area contributed by atoms with E-state index in [0.717, 1.165) is 38.1 Å². The Labute approximate surface area is 119 Å². The zero-order chi connectivity index (χ0) is 13.7. The van der Waals surface area contributed by atoms with Crippen molar-refractivity contribution in [1.29, 1.82) is 0 Å². The Bertz CT molecular complexity index is 521. The van der Waals surface area contributed by atoms with Crippen LogP contribution in [0.5, 0.6) is 0 Å². The highest BCUT2D eigenvalue weighted by Crippen LogP contribution is 2.22. The van der Waals surface area contributed by atoms with E-state index in [9.17, 15) is 4.39 Å². The summed E-state index contributed by atoms with van der Waals surface area (Å²) in [6.07, 6.45) is 3.97. The predicted molar refractivity (Wildman–Crippen MR) is 76.1 cm³/mol. The summed E-state index contributed by atoms with van der Waals surface area (Å²) in [6, 6.07) is 4.63. The van der Waals surface area contributed by atoms with E-state index in [1.54, 1.807) is 6.07 Å². The molecule has 0 radical (unpaired) electrons. The van der Waals surface area contributed by atoms with Gasteiger partial charge in [0.15, 0.2) is 5.82 Å². The SMILES string of the molecule is NCCCCCc1nc(-c2cc(F)cc(Br)c2)n[nH]1. The van der Waals surface area contributed by atoms with E-state index in [1.807, 2.05) is 0 Å². The van der Waals surface area contributed by atoms with Crippen molar-refractivity contribution in [2.75, 3.05) is 6.54 Å². The summed E-state index contributed by atoms with van der Waals surface area (Å²) in [7, 11) is 0. The lowest BCUT2D eigenvalue weighted by Gasteiger charge is -1.97. The van der Waals surface area contributed by atoms with Crippen molar-refractivity contribution < 1.29 is 4.39 Å². The smallest absolute Gasteiger partial charge is 0.181 e. The van der Waals surface area contributed by atoms with Crippen LogP contribution in [0.25, 0.3) is 11.4 Å². The van der Waals surface area contributed by atoms with Crippen LogP contribution in [-0.4, -0.2) is 21.7 Å². The number of halogens is 2. The second-order valence-electron chi connectivity index (χ2n) is 4.36. The van der Waals surface area contributed by atoms with Gasteiger partial charge in [-0.05, 0) is 37.6 Å². The molecule has 4 nitrogen and oxygen atoms in total. The minimum absolute atomic E-state index is 0.307. The van der Waals surface area contributed by atoms with Crippen LogP contribution >= 0.6 is 15.9 Å². The Kier molecular flexibility index (Phi) is 5.04. The molecule has 0 aliphatic heterocycles. The quantitative estimate of drug-likeness (QED) is 0.802. The molecule has 6 heteroatoms. The highest BCUT2D eigenvalue weighted by molar-refractivity contribution is 9.10. The fourth-order valence-corrected chi connectivity index (χ4v) is 2.30. The number of nitrogens with one attached hydrogen (secondary N) is 1. The van der Waals surface area contributed by atoms with E-state index >= 15 is 0 Å². The molecule has 0 aliphatic rings. The molecule has 0 atom stereocenters. The van der Waals surface area contributed by atoms with E-state index in [-0.39, 0.29) is 5.82 Å². The summed E-state index contributed by atoms with van der Waals surface area (Å²) in [5, 5.41) is 7.01. The lowest BCUT2D eigenvalue weighted by Crippen LogP contribution is -1.98. The minimum atomic E-state index is -0.307. The van der Waals surface area contributed by atoms with Crippen molar-refractivity contribution in [3.05, 3.63) is 34.3 Å². The molecule has 0 bridgehead atoms. The van der Waals surface area contributed by atoms with E-state index in [1.165, 1.54) is 12.1 Å². The van der Waals surface area contributed by atoms with E-state index in [4.69, 9.17) is 5.73 Å². The van der Waals surface area contributed by atoms with Gasteiger partial charge in [0.2, 0.25) is 0 Å². The van der Waals surface area contributed by atoms with Gasteiger partial charge in [0.25, 0.3) is 0 Å². The van der Waals surface area contributed by atoms with Crippen LogP contribution in [0.1, 0.15) is 25.1 Å². The topological polar surface area (TPSA) is 67.6 Å². The number of nitrogens with two attached hydrogens (primary N) is 1. The fourth-order valence-electron chi connectivity index (χ4n) is 1.83. The zero-order valence-corrected chi connectivity index (χ0v) is 12.1. The maximum absolute atomic E-state index is 13.3. The van der Waals surface area contributed by atoms with E-state index < -0.39 is 0 Å². The van der Waals surface area contributed by atoms with Crippen molar-refractivity contribution in [2.45, 2.75) is 25.7 Å². The number of hydrogen-bond donors (Lipinski definition) is 2. The Morgan fingerprint density at radius 3 is 2.79 bits per heavy atom. The Hall–Kier alpha value is -1.27. The van der Waals surface area contributed by atoms with Gasteiger partial charge in [0.1, 0.15) is 11.6 Å². The summed E-state index contributed by atoms with van der Waals surface area (Å²) >= 11 is 3.26. The highest BCUT2D eigenvalue weighted by atomic mass is 79.9. The molecule has 1 aromatic carbocycles. The molecule has 1 heterocycles. The lowest BCUT2D eigenvalue weighted by atomic mass is 10.2. The van der Waals surface area contributed by atoms with Crippen LogP contribution in [0.2, 0.25) is 0 Å². The minimum Gasteiger partial charge on any atom is -0.330 e. The van der Waals surface area contributed by atoms with Gasteiger partial charge in [-0.2, -0.15) is 5.10 Å². The molecule has 3 N–H and O–H groups in total. The predicted octanol–water partition coefficient (Wildman–Crippen LogP) is 3.04. The average molecular weight is 327 g/mol. The van der Waals surface area contributed by atoms with E-state index in [0.29, 0.717) is 15.9 Å². The van der Waals surface area contributed by atoms with Crippen molar-refractivity contribution in [1.82, 2.24) is 15.2 Å². The Morgan fingerprint density at radius 1 is 1.21 bits per heavy atom. The van der Waals surface area contributed by atoms with Crippen molar-refractivity contribution >= 4 is 15.9 Å². The number of benzene rings is 1. The van der Waals surface area contributed by atoms with Crippen LogP contribution in [0.3, 0.4) is 0 Å². The number of unbranched alkanes of at least 4 members (excludes halogenated alkanes) is 2. The molecule has 0 spiro atoms. The van der Waals surface area contributed by atoms with Crippen LogP contribution in [0, 0.1) is 5.82 Å². The van der Waals surface area contributed by atoms with Gasteiger partial charge in [-0.3, -0.25) is 5.10 Å². The summed E-state index contributed by atoms with van der Waals surface area (Å²) in [6.45, 7) is 0.721. The van der Waals surface area contributed by atoms with Gasteiger partial charge in [-0.1, -0.05) is 22.4 Å². The molecule has 0 saturated heterocycles. The van der Waals surface area contributed by atoms with Gasteiger partial charge in [0, 0.05) is 16.5 Å². The van der Waals surface area contributed by atoms with Gasteiger partial charge in [-0.15, -0.1) is 0 Å². The number of rotatable bonds is 6. The van der Waals surface area contributed by atoms with Gasteiger partial charge in [0.05, 0.1) is 0 Å². The Morgan fingerprint density at radius 2 is 2.05 bits per heavy atom. The second-order valence-corrected chi connectivity index (χ2v) is 5.28. The number of aromatic amines is 1. The number of nitrogens with zero attached hydrogens (tertiary/aromatic N) is 2. The molecule has 0 aliphatic carbocycles. The lowest BCUT2D eigenvalue weighted by molar-refractivity contribution is 0.627. The molecule has 0 unspecified atom stereocenters. The molecular weight excluding hydrogens is 311 g/mol.